The molecule has 3 aromatic heterocycles. The predicted molar refractivity (Wildman–Crippen MR) is 108 cm³/mol. The van der Waals surface area contributed by atoms with Crippen LogP contribution in [0, 0.1) is 18.6 Å². The molecule has 0 fully saturated rings. The van der Waals surface area contributed by atoms with Gasteiger partial charge in [-0.2, -0.15) is 13.2 Å². The van der Waals surface area contributed by atoms with E-state index in [1.54, 1.807) is 19.1 Å². The van der Waals surface area contributed by atoms with Gasteiger partial charge in [0, 0.05) is 18.9 Å². The first kappa shape index (κ1) is 22.2. The van der Waals surface area contributed by atoms with Crippen LogP contribution in [0.2, 0.25) is 0 Å². The lowest BCUT2D eigenvalue weighted by molar-refractivity contribution is -0.143. The molecule has 0 radical (unpaired) electrons. The number of rotatable bonds is 6. The van der Waals surface area contributed by atoms with Crippen molar-refractivity contribution in [2.75, 3.05) is 11.9 Å². The number of hydrogen-bond acceptors (Lipinski definition) is 7. The van der Waals surface area contributed by atoms with Crippen LogP contribution in [0.5, 0.6) is 11.5 Å². The van der Waals surface area contributed by atoms with E-state index in [-0.39, 0.29) is 11.9 Å². The average Bonchev–Trinajstić information content (AvgIpc) is 2.77. The Labute approximate surface area is 183 Å². The van der Waals surface area contributed by atoms with E-state index in [0.717, 1.165) is 5.56 Å². The Morgan fingerprint density at radius 1 is 1.00 bits per heavy atom. The number of nitrogens with one attached hydrogen (secondary N) is 1. The average molecular weight is 462 g/mol. The zero-order chi connectivity index (χ0) is 23.6. The molecule has 0 aliphatic heterocycles. The minimum absolute atomic E-state index is 0.0147. The molecule has 0 bridgehead atoms. The van der Waals surface area contributed by atoms with Crippen molar-refractivity contribution in [3.05, 3.63) is 71.6 Å². The smallest absolute Gasteiger partial charge is 0.436 e. The molecule has 0 amide bonds. The maximum atomic E-state index is 14.2. The minimum Gasteiger partial charge on any atom is -0.451 e. The molecule has 1 aromatic carbocycles. The first-order chi connectivity index (χ1) is 15.7. The van der Waals surface area contributed by atoms with Crippen LogP contribution in [0.25, 0.3) is 11.2 Å². The molecule has 12 heteroatoms. The van der Waals surface area contributed by atoms with Crippen LogP contribution >= 0.6 is 0 Å². The van der Waals surface area contributed by atoms with Crippen molar-refractivity contribution in [1.29, 1.82) is 0 Å². The molecule has 33 heavy (non-hydrogen) atoms. The predicted octanol–water partition coefficient (Wildman–Crippen LogP) is 4.87. The summed E-state index contributed by atoms with van der Waals surface area (Å²) in [6.07, 6.45) is 0.171. The Balaban J connectivity index is 1.47. The number of ether oxygens (including phenoxy) is 1. The molecule has 4 rings (SSSR count). The second-order valence-corrected chi connectivity index (χ2v) is 6.93. The quantitative estimate of drug-likeness (QED) is 0.409. The summed E-state index contributed by atoms with van der Waals surface area (Å²) in [6.45, 7) is 2.09. The summed E-state index contributed by atoms with van der Waals surface area (Å²) in [6, 6.07) is 4.78. The summed E-state index contributed by atoms with van der Waals surface area (Å²) >= 11 is 0. The van der Waals surface area contributed by atoms with Crippen molar-refractivity contribution >= 4 is 17.0 Å². The monoisotopic (exact) mass is 462 g/mol. The number of halogens is 5. The number of pyridine rings is 1. The van der Waals surface area contributed by atoms with Gasteiger partial charge in [0.15, 0.2) is 28.8 Å². The Kier molecular flexibility index (Phi) is 5.99. The van der Waals surface area contributed by atoms with Crippen molar-refractivity contribution in [2.45, 2.75) is 19.5 Å². The van der Waals surface area contributed by atoms with E-state index in [9.17, 15) is 22.0 Å². The second kappa shape index (κ2) is 8.88. The highest BCUT2D eigenvalue weighted by Gasteiger charge is 2.38. The Hall–Kier alpha value is -3.96. The standard InChI is InChI=1S/C21H15F5N6O/c1-11-8-12(4-5-28-19-16-20(32-10-31-19)29-7-6-27-16)2-3-14(11)33-17-13(22)9-30-18(15(17)23)21(24,25)26/h2-3,6-10H,4-5H2,1H3,(H,28,29,31,32). The topological polar surface area (TPSA) is 85.7 Å². The van der Waals surface area contributed by atoms with Crippen LogP contribution < -0.4 is 10.1 Å². The molecular formula is C21H15F5N6O. The minimum atomic E-state index is -5.08. The van der Waals surface area contributed by atoms with Crippen LogP contribution in [0.3, 0.4) is 0 Å². The molecule has 3 heterocycles. The van der Waals surface area contributed by atoms with Crippen LogP contribution in [-0.4, -0.2) is 31.5 Å². The molecule has 4 aromatic rings. The molecule has 170 valence electrons. The Bertz CT molecular complexity index is 1310. The number of aryl methyl sites for hydroxylation is 1. The number of nitrogens with zero attached hydrogens (tertiary/aromatic N) is 5. The second-order valence-electron chi connectivity index (χ2n) is 6.93. The van der Waals surface area contributed by atoms with E-state index >= 15 is 0 Å². The summed E-state index contributed by atoms with van der Waals surface area (Å²) in [5.74, 6) is -3.87. The molecule has 0 spiro atoms. The fourth-order valence-electron chi connectivity index (χ4n) is 3.08. The fraction of sp³-hybridized carbons (Fsp3) is 0.190. The van der Waals surface area contributed by atoms with Crippen molar-refractivity contribution in [1.82, 2.24) is 24.9 Å². The molecule has 0 atom stereocenters. The number of aromatic nitrogens is 5. The van der Waals surface area contributed by atoms with E-state index < -0.39 is 29.3 Å². The third kappa shape index (κ3) is 4.78. The van der Waals surface area contributed by atoms with Gasteiger partial charge in [-0.15, -0.1) is 0 Å². The van der Waals surface area contributed by atoms with Gasteiger partial charge < -0.3 is 10.1 Å². The third-order valence-electron chi connectivity index (χ3n) is 4.63. The third-order valence-corrected chi connectivity index (χ3v) is 4.63. The lowest BCUT2D eigenvalue weighted by Crippen LogP contribution is -2.13. The van der Waals surface area contributed by atoms with Gasteiger partial charge in [-0.1, -0.05) is 12.1 Å². The Morgan fingerprint density at radius 2 is 1.79 bits per heavy atom. The highest BCUT2D eigenvalue weighted by Crippen LogP contribution is 2.37. The largest absolute Gasteiger partial charge is 0.451 e. The zero-order valence-corrected chi connectivity index (χ0v) is 17.0. The fourth-order valence-corrected chi connectivity index (χ4v) is 3.08. The maximum Gasteiger partial charge on any atom is 0.436 e. The summed E-state index contributed by atoms with van der Waals surface area (Å²) in [5, 5.41) is 3.15. The van der Waals surface area contributed by atoms with Gasteiger partial charge in [-0.3, -0.25) is 0 Å². The van der Waals surface area contributed by atoms with Crippen molar-refractivity contribution < 1.29 is 26.7 Å². The van der Waals surface area contributed by atoms with Gasteiger partial charge in [0.1, 0.15) is 17.6 Å². The first-order valence-corrected chi connectivity index (χ1v) is 9.58. The number of hydrogen-bond donors (Lipinski definition) is 1. The number of alkyl halides is 3. The zero-order valence-electron chi connectivity index (χ0n) is 17.0. The first-order valence-electron chi connectivity index (χ1n) is 9.58. The Morgan fingerprint density at radius 3 is 2.55 bits per heavy atom. The van der Waals surface area contributed by atoms with E-state index in [1.165, 1.54) is 24.8 Å². The molecule has 7 nitrogen and oxygen atoms in total. The van der Waals surface area contributed by atoms with Crippen LogP contribution in [0.4, 0.5) is 27.8 Å². The highest BCUT2D eigenvalue weighted by atomic mass is 19.4. The lowest BCUT2D eigenvalue weighted by atomic mass is 10.1. The van der Waals surface area contributed by atoms with Crippen LogP contribution in [-0.2, 0) is 12.6 Å². The number of fused-ring (bicyclic) bond motifs is 1. The van der Waals surface area contributed by atoms with E-state index in [2.05, 4.69) is 30.2 Å². The van der Waals surface area contributed by atoms with Gasteiger partial charge in [0.25, 0.3) is 0 Å². The van der Waals surface area contributed by atoms with E-state index in [1.807, 2.05) is 0 Å². The molecule has 0 saturated heterocycles. The molecule has 0 aliphatic carbocycles. The van der Waals surface area contributed by atoms with Gasteiger partial charge in [0.2, 0.25) is 5.75 Å². The number of benzene rings is 1. The molecule has 0 aliphatic rings. The summed E-state index contributed by atoms with van der Waals surface area (Å²) in [7, 11) is 0. The molecule has 1 N–H and O–H groups in total. The molecule has 0 saturated carbocycles. The maximum absolute atomic E-state index is 14.2. The lowest BCUT2D eigenvalue weighted by Gasteiger charge is -2.14. The van der Waals surface area contributed by atoms with Gasteiger partial charge in [-0.05, 0) is 30.5 Å². The summed E-state index contributed by atoms with van der Waals surface area (Å²) in [5.41, 5.74) is 0.468. The van der Waals surface area contributed by atoms with E-state index in [4.69, 9.17) is 4.74 Å². The van der Waals surface area contributed by atoms with Crippen molar-refractivity contribution in [3.8, 4) is 11.5 Å². The summed E-state index contributed by atoms with van der Waals surface area (Å²) < 4.78 is 71.8. The summed E-state index contributed by atoms with van der Waals surface area (Å²) in [4.78, 5) is 19.3. The molecule has 0 unspecified atom stereocenters. The van der Waals surface area contributed by atoms with Crippen molar-refractivity contribution in [2.24, 2.45) is 0 Å². The molecular weight excluding hydrogens is 447 g/mol. The SMILES string of the molecule is Cc1cc(CCNc2ncnc3nccnc23)ccc1Oc1c(F)cnc(C(F)(F)F)c1F. The number of anilines is 1. The van der Waals surface area contributed by atoms with Gasteiger partial charge in [-0.25, -0.2) is 33.7 Å². The van der Waals surface area contributed by atoms with E-state index in [0.29, 0.717) is 35.5 Å². The van der Waals surface area contributed by atoms with Crippen LogP contribution in [0.1, 0.15) is 16.8 Å². The van der Waals surface area contributed by atoms with Crippen LogP contribution in [0.15, 0.2) is 43.1 Å². The highest BCUT2D eigenvalue weighted by molar-refractivity contribution is 5.81. The van der Waals surface area contributed by atoms with Crippen molar-refractivity contribution in [3.63, 3.8) is 0 Å². The van der Waals surface area contributed by atoms with Gasteiger partial charge >= 0.3 is 6.18 Å². The normalized spacial score (nSPS) is 11.6. The van der Waals surface area contributed by atoms with Gasteiger partial charge in [0.05, 0.1) is 6.20 Å².